The molecular formula is C19H21ClFN3O4. The van der Waals surface area contributed by atoms with Gasteiger partial charge in [-0.15, -0.1) is 0 Å². The first-order valence-electron chi connectivity index (χ1n) is 9.11. The maximum atomic E-state index is 13.4. The molecule has 0 aliphatic heterocycles. The number of hydrogen-bond donors (Lipinski definition) is 3. The van der Waals surface area contributed by atoms with Crippen LogP contribution < -0.4 is 15.4 Å². The van der Waals surface area contributed by atoms with Crippen LogP contribution in [0.15, 0.2) is 29.0 Å². The molecule has 9 heteroatoms. The number of hydrogen-bond acceptors (Lipinski definition) is 6. The molecule has 150 valence electrons. The van der Waals surface area contributed by atoms with Crippen molar-refractivity contribution in [3.05, 3.63) is 46.9 Å². The zero-order chi connectivity index (χ0) is 19.9. The lowest BCUT2D eigenvalue weighted by Gasteiger charge is -2.71. The molecule has 0 radical (unpaired) electrons. The van der Waals surface area contributed by atoms with E-state index in [1.54, 1.807) is 0 Å². The van der Waals surface area contributed by atoms with Crippen LogP contribution >= 0.6 is 11.6 Å². The van der Waals surface area contributed by atoms with E-state index in [1.807, 2.05) is 6.92 Å². The molecule has 2 bridgehead atoms. The topological polar surface area (TPSA) is 96.6 Å². The zero-order valence-corrected chi connectivity index (χ0v) is 16.1. The number of amides is 1. The second-order valence-electron chi connectivity index (χ2n) is 7.56. The molecule has 1 atom stereocenters. The van der Waals surface area contributed by atoms with E-state index in [-0.39, 0.29) is 34.4 Å². The van der Waals surface area contributed by atoms with E-state index in [0.29, 0.717) is 17.9 Å². The summed E-state index contributed by atoms with van der Waals surface area (Å²) in [7, 11) is 0. The molecule has 0 saturated heterocycles. The van der Waals surface area contributed by atoms with Gasteiger partial charge in [0.1, 0.15) is 23.0 Å². The van der Waals surface area contributed by atoms with Crippen molar-refractivity contribution in [1.29, 1.82) is 0 Å². The minimum Gasteiger partial charge on any atom is -0.484 e. The number of halogens is 2. The summed E-state index contributed by atoms with van der Waals surface area (Å²) in [6.07, 6.45) is 3.24. The number of nitrogens with zero attached hydrogens (tertiary/aromatic N) is 1. The van der Waals surface area contributed by atoms with Gasteiger partial charge in [-0.3, -0.25) is 10.1 Å². The van der Waals surface area contributed by atoms with E-state index >= 15 is 0 Å². The first-order valence-corrected chi connectivity index (χ1v) is 9.48. The second kappa shape index (κ2) is 7.02. The van der Waals surface area contributed by atoms with Crippen LogP contribution in [0.4, 0.5) is 4.39 Å². The van der Waals surface area contributed by atoms with Gasteiger partial charge in [0, 0.05) is 23.6 Å². The Labute approximate surface area is 166 Å². The van der Waals surface area contributed by atoms with E-state index < -0.39 is 12.0 Å². The van der Waals surface area contributed by atoms with E-state index in [9.17, 15) is 14.3 Å². The second-order valence-corrected chi connectivity index (χ2v) is 7.97. The summed E-state index contributed by atoms with van der Waals surface area (Å²) in [6, 6.07) is 4.03. The van der Waals surface area contributed by atoms with Gasteiger partial charge in [-0.2, -0.15) is 0 Å². The number of aliphatic hydroxyl groups is 1. The molecule has 1 aromatic heterocycles. The Morgan fingerprint density at radius 1 is 1.43 bits per heavy atom. The first kappa shape index (κ1) is 19.2. The highest BCUT2D eigenvalue weighted by Gasteiger charge is 2.69. The fourth-order valence-corrected chi connectivity index (χ4v) is 4.36. The summed E-state index contributed by atoms with van der Waals surface area (Å²) >= 11 is 5.62. The highest BCUT2D eigenvalue weighted by atomic mass is 35.5. The lowest BCUT2D eigenvalue weighted by atomic mass is 9.44. The van der Waals surface area contributed by atoms with Crippen LogP contribution in [0.2, 0.25) is 5.02 Å². The van der Waals surface area contributed by atoms with E-state index in [4.69, 9.17) is 20.8 Å². The van der Waals surface area contributed by atoms with E-state index in [1.165, 1.54) is 18.5 Å². The van der Waals surface area contributed by atoms with Crippen LogP contribution in [0.25, 0.3) is 0 Å². The van der Waals surface area contributed by atoms with Crippen molar-refractivity contribution in [1.82, 2.24) is 15.6 Å². The first-order chi connectivity index (χ1) is 13.3. The van der Waals surface area contributed by atoms with Crippen LogP contribution in [-0.2, 0) is 11.2 Å². The summed E-state index contributed by atoms with van der Waals surface area (Å²) in [4.78, 5) is 16.2. The average molecular weight is 410 g/mol. The number of oxazole rings is 1. The SMILES string of the molecule is CCc1ocnc1C(O)NC12CC(NC(=O)COc3ccc(Cl)c(F)c3)(C1)C2. The van der Waals surface area contributed by atoms with Crippen molar-refractivity contribution in [3.63, 3.8) is 0 Å². The predicted molar refractivity (Wildman–Crippen MR) is 98.3 cm³/mol. The number of carbonyl (C=O) groups excluding carboxylic acids is 1. The number of carbonyl (C=O) groups is 1. The number of aryl methyl sites for hydroxylation is 1. The monoisotopic (exact) mass is 409 g/mol. The molecule has 28 heavy (non-hydrogen) atoms. The van der Waals surface area contributed by atoms with Crippen molar-refractivity contribution in [3.8, 4) is 5.75 Å². The molecule has 2 aromatic rings. The van der Waals surface area contributed by atoms with Crippen LogP contribution in [-0.4, -0.2) is 33.7 Å². The standard InChI is InChI=1S/C19H21ClFN3O4/c1-2-14-16(22-10-28-14)17(26)24-19-7-18(8-19,9-19)23-15(25)6-27-11-3-4-12(20)13(21)5-11/h3-5,10,17,24,26H,2,6-9H2,1H3,(H,23,25). The molecule has 1 unspecified atom stereocenters. The highest BCUT2D eigenvalue weighted by molar-refractivity contribution is 6.30. The van der Waals surface area contributed by atoms with Crippen LogP contribution in [0.5, 0.6) is 5.75 Å². The Balaban J connectivity index is 1.24. The highest BCUT2D eigenvalue weighted by Crippen LogP contribution is 2.60. The molecule has 1 amide bonds. The average Bonchev–Trinajstić information content (AvgIpc) is 3.08. The predicted octanol–water partition coefficient (Wildman–Crippen LogP) is 2.48. The molecule has 3 aliphatic rings. The summed E-state index contributed by atoms with van der Waals surface area (Å²) in [5.74, 6) is 0.0403. The normalized spacial score (nSPS) is 26.1. The number of aromatic nitrogens is 1. The molecule has 1 aromatic carbocycles. The minimum absolute atomic E-state index is 0.00216. The van der Waals surface area contributed by atoms with Gasteiger partial charge >= 0.3 is 0 Å². The lowest BCUT2D eigenvalue weighted by molar-refractivity contribution is -0.151. The molecule has 3 fully saturated rings. The Morgan fingerprint density at radius 3 is 2.86 bits per heavy atom. The maximum absolute atomic E-state index is 13.4. The van der Waals surface area contributed by atoms with Crippen molar-refractivity contribution >= 4 is 17.5 Å². The Morgan fingerprint density at radius 2 is 2.18 bits per heavy atom. The van der Waals surface area contributed by atoms with Gasteiger partial charge in [0.25, 0.3) is 5.91 Å². The van der Waals surface area contributed by atoms with Crippen molar-refractivity contribution in [2.75, 3.05) is 6.61 Å². The van der Waals surface area contributed by atoms with Crippen LogP contribution in [0, 0.1) is 5.82 Å². The number of rotatable bonds is 8. The molecule has 1 heterocycles. The van der Waals surface area contributed by atoms with Crippen LogP contribution in [0.1, 0.15) is 43.9 Å². The zero-order valence-electron chi connectivity index (χ0n) is 15.3. The Bertz CT molecular complexity index is 883. The van der Waals surface area contributed by atoms with Gasteiger partial charge in [0.2, 0.25) is 0 Å². The van der Waals surface area contributed by atoms with Gasteiger partial charge in [-0.1, -0.05) is 18.5 Å². The smallest absolute Gasteiger partial charge is 0.258 e. The number of nitrogens with one attached hydrogen (secondary N) is 2. The molecule has 0 spiro atoms. The molecule has 3 saturated carbocycles. The number of benzene rings is 1. The summed E-state index contributed by atoms with van der Waals surface area (Å²) in [6.45, 7) is 1.73. The quantitative estimate of drug-likeness (QED) is 0.580. The molecule has 3 aliphatic carbocycles. The number of aliphatic hydroxyl groups excluding tert-OH is 1. The third kappa shape index (κ3) is 3.47. The van der Waals surface area contributed by atoms with Crippen molar-refractivity contribution < 1.29 is 23.4 Å². The molecule has 3 N–H and O–H groups in total. The van der Waals surface area contributed by atoms with Gasteiger partial charge < -0.3 is 19.6 Å². The number of ether oxygens (including phenoxy) is 1. The fraction of sp³-hybridized carbons (Fsp3) is 0.474. The molecule has 5 rings (SSSR count). The fourth-order valence-electron chi connectivity index (χ4n) is 4.25. The lowest BCUT2D eigenvalue weighted by Crippen LogP contribution is -2.83. The maximum Gasteiger partial charge on any atom is 0.258 e. The Kier molecular flexibility index (Phi) is 4.81. The summed E-state index contributed by atoms with van der Waals surface area (Å²) < 4.78 is 24.0. The Hall–Kier alpha value is -2.16. The third-order valence-corrected chi connectivity index (χ3v) is 5.70. The minimum atomic E-state index is -0.897. The summed E-state index contributed by atoms with van der Waals surface area (Å²) in [5.41, 5.74) is 0.0426. The van der Waals surface area contributed by atoms with Gasteiger partial charge in [0.05, 0.1) is 5.02 Å². The van der Waals surface area contributed by atoms with Gasteiger partial charge in [-0.05, 0) is 31.4 Å². The molecule has 7 nitrogen and oxygen atoms in total. The van der Waals surface area contributed by atoms with Crippen LogP contribution in [0.3, 0.4) is 0 Å². The van der Waals surface area contributed by atoms with E-state index in [0.717, 1.165) is 25.3 Å². The summed E-state index contributed by atoms with van der Waals surface area (Å²) in [5, 5.41) is 16.6. The van der Waals surface area contributed by atoms with E-state index in [2.05, 4.69) is 15.6 Å². The van der Waals surface area contributed by atoms with Gasteiger partial charge in [-0.25, -0.2) is 9.37 Å². The van der Waals surface area contributed by atoms with Crippen molar-refractivity contribution in [2.45, 2.75) is 49.9 Å². The largest absolute Gasteiger partial charge is 0.484 e. The van der Waals surface area contributed by atoms with Crippen molar-refractivity contribution in [2.24, 2.45) is 0 Å². The van der Waals surface area contributed by atoms with Gasteiger partial charge in [0.15, 0.2) is 19.2 Å². The third-order valence-electron chi connectivity index (χ3n) is 5.39. The molecular weight excluding hydrogens is 389 g/mol.